The van der Waals surface area contributed by atoms with E-state index < -0.39 is 5.91 Å². The van der Waals surface area contributed by atoms with Crippen molar-refractivity contribution >= 4 is 11.8 Å². The Labute approximate surface area is 169 Å². The zero-order valence-electron chi connectivity index (χ0n) is 15.8. The number of amides is 2. The molecule has 6 nitrogen and oxygen atoms in total. The number of carbonyl (C=O) groups excluding carboxylic acids is 2. The SMILES string of the molecule is NC(=O)c1cccc(OCC(=O)NCCOc2ccccc2-c2ccccc2)c1. The van der Waals surface area contributed by atoms with Crippen LogP contribution >= 0.6 is 0 Å². The van der Waals surface area contributed by atoms with Gasteiger partial charge >= 0.3 is 0 Å². The summed E-state index contributed by atoms with van der Waals surface area (Å²) in [5.74, 6) is 0.333. The summed E-state index contributed by atoms with van der Waals surface area (Å²) >= 11 is 0. The molecule has 0 atom stereocenters. The molecule has 0 radical (unpaired) electrons. The molecule has 0 aromatic heterocycles. The Balaban J connectivity index is 1.45. The number of hydrogen-bond donors (Lipinski definition) is 2. The normalized spacial score (nSPS) is 10.2. The molecule has 2 amide bonds. The molecule has 3 aromatic carbocycles. The van der Waals surface area contributed by atoms with Crippen LogP contribution in [0.4, 0.5) is 0 Å². The zero-order chi connectivity index (χ0) is 20.5. The second-order valence-electron chi connectivity index (χ2n) is 6.24. The van der Waals surface area contributed by atoms with Gasteiger partial charge in [0.05, 0.1) is 6.54 Å². The number of primary amides is 1. The third kappa shape index (κ3) is 5.84. The number of hydrogen-bond acceptors (Lipinski definition) is 4. The monoisotopic (exact) mass is 390 g/mol. The molecule has 0 fully saturated rings. The molecule has 0 aliphatic rings. The van der Waals surface area contributed by atoms with Crippen molar-refractivity contribution in [1.29, 1.82) is 0 Å². The number of nitrogens with one attached hydrogen (secondary N) is 1. The molecule has 148 valence electrons. The van der Waals surface area contributed by atoms with E-state index in [0.717, 1.165) is 16.9 Å². The highest BCUT2D eigenvalue weighted by molar-refractivity contribution is 5.93. The maximum absolute atomic E-state index is 12.0. The third-order valence-corrected chi connectivity index (χ3v) is 4.14. The second-order valence-corrected chi connectivity index (χ2v) is 6.24. The Hall–Kier alpha value is -3.80. The van der Waals surface area contributed by atoms with Gasteiger partial charge in [0, 0.05) is 11.1 Å². The Bertz CT molecular complexity index is 973. The van der Waals surface area contributed by atoms with Crippen LogP contribution in [0.5, 0.6) is 11.5 Å². The zero-order valence-corrected chi connectivity index (χ0v) is 15.8. The molecule has 0 heterocycles. The standard InChI is InChI=1S/C23H22N2O4/c24-23(27)18-9-6-10-19(15-18)29-16-22(26)25-13-14-28-21-12-5-4-11-20(21)17-7-2-1-3-8-17/h1-12,15H,13-14,16H2,(H2,24,27)(H,25,26). The third-order valence-electron chi connectivity index (χ3n) is 4.14. The molecule has 0 saturated heterocycles. The molecule has 0 bridgehead atoms. The van der Waals surface area contributed by atoms with Crippen LogP contribution in [0.3, 0.4) is 0 Å². The molecular formula is C23H22N2O4. The van der Waals surface area contributed by atoms with E-state index in [1.54, 1.807) is 18.2 Å². The molecule has 0 aliphatic heterocycles. The van der Waals surface area contributed by atoms with Crippen LogP contribution in [-0.4, -0.2) is 31.6 Å². The molecule has 6 heteroatoms. The first-order valence-electron chi connectivity index (χ1n) is 9.20. The summed E-state index contributed by atoms with van der Waals surface area (Å²) in [5, 5.41) is 2.74. The van der Waals surface area contributed by atoms with Crippen molar-refractivity contribution in [2.75, 3.05) is 19.8 Å². The fraction of sp³-hybridized carbons (Fsp3) is 0.130. The van der Waals surface area contributed by atoms with Crippen LogP contribution in [-0.2, 0) is 4.79 Å². The van der Waals surface area contributed by atoms with E-state index in [0.29, 0.717) is 24.5 Å². The van der Waals surface area contributed by atoms with Crippen molar-refractivity contribution in [3.8, 4) is 22.6 Å². The fourth-order valence-corrected chi connectivity index (χ4v) is 2.74. The fourth-order valence-electron chi connectivity index (χ4n) is 2.74. The first-order chi connectivity index (χ1) is 14.1. The van der Waals surface area contributed by atoms with E-state index in [9.17, 15) is 9.59 Å². The van der Waals surface area contributed by atoms with E-state index in [4.69, 9.17) is 15.2 Å². The predicted molar refractivity (Wildman–Crippen MR) is 111 cm³/mol. The van der Waals surface area contributed by atoms with Crippen LogP contribution < -0.4 is 20.5 Å². The number of benzene rings is 3. The minimum absolute atomic E-state index is 0.164. The maximum Gasteiger partial charge on any atom is 0.258 e. The van der Waals surface area contributed by atoms with Crippen molar-refractivity contribution in [2.24, 2.45) is 5.73 Å². The lowest BCUT2D eigenvalue weighted by Crippen LogP contribution is -2.32. The van der Waals surface area contributed by atoms with Gasteiger partial charge in [-0.2, -0.15) is 0 Å². The lowest BCUT2D eigenvalue weighted by Gasteiger charge is -2.12. The van der Waals surface area contributed by atoms with Gasteiger partial charge in [0.1, 0.15) is 18.1 Å². The van der Waals surface area contributed by atoms with Crippen molar-refractivity contribution in [2.45, 2.75) is 0 Å². The van der Waals surface area contributed by atoms with Gasteiger partial charge in [-0.25, -0.2) is 0 Å². The molecule has 3 aromatic rings. The van der Waals surface area contributed by atoms with Gasteiger partial charge < -0.3 is 20.5 Å². The first kappa shape index (κ1) is 19.9. The Morgan fingerprint density at radius 2 is 1.62 bits per heavy atom. The van der Waals surface area contributed by atoms with Gasteiger partial charge in [-0.1, -0.05) is 54.6 Å². The first-order valence-corrected chi connectivity index (χ1v) is 9.20. The number of ether oxygens (including phenoxy) is 2. The predicted octanol–water partition coefficient (Wildman–Crippen LogP) is 3.03. The highest BCUT2D eigenvalue weighted by Crippen LogP contribution is 2.29. The average molecular weight is 390 g/mol. The smallest absolute Gasteiger partial charge is 0.258 e. The van der Waals surface area contributed by atoms with Crippen molar-refractivity contribution in [1.82, 2.24) is 5.32 Å². The van der Waals surface area contributed by atoms with Crippen LogP contribution in [0, 0.1) is 0 Å². The number of rotatable bonds is 9. The summed E-state index contributed by atoms with van der Waals surface area (Å²) in [6, 6.07) is 24.1. The topological polar surface area (TPSA) is 90.7 Å². The van der Waals surface area contributed by atoms with E-state index in [1.165, 1.54) is 6.07 Å². The van der Waals surface area contributed by atoms with Crippen molar-refractivity contribution in [3.05, 3.63) is 84.4 Å². The second kappa shape index (κ2) is 9.94. The van der Waals surface area contributed by atoms with Gasteiger partial charge in [-0.15, -0.1) is 0 Å². The van der Waals surface area contributed by atoms with Gasteiger partial charge in [0.15, 0.2) is 6.61 Å². The van der Waals surface area contributed by atoms with Crippen LogP contribution in [0.1, 0.15) is 10.4 Å². The Morgan fingerprint density at radius 3 is 2.41 bits per heavy atom. The Morgan fingerprint density at radius 1 is 0.862 bits per heavy atom. The van der Waals surface area contributed by atoms with E-state index in [2.05, 4.69) is 5.32 Å². The molecule has 0 spiro atoms. The lowest BCUT2D eigenvalue weighted by atomic mass is 10.1. The van der Waals surface area contributed by atoms with Crippen molar-refractivity contribution in [3.63, 3.8) is 0 Å². The minimum Gasteiger partial charge on any atom is -0.491 e. The summed E-state index contributed by atoms with van der Waals surface area (Å²) in [4.78, 5) is 23.1. The molecule has 29 heavy (non-hydrogen) atoms. The van der Waals surface area contributed by atoms with E-state index in [-0.39, 0.29) is 12.5 Å². The van der Waals surface area contributed by atoms with Gasteiger partial charge in [0.2, 0.25) is 5.91 Å². The van der Waals surface area contributed by atoms with Crippen LogP contribution in [0.25, 0.3) is 11.1 Å². The summed E-state index contributed by atoms with van der Waals surface area (Å²) < 4.78 is 11.2. The van der Waals surface area contributed by atoms with Crippen LogP contribution in [0.2, 0.25) is 0 Å². The average Bonchev–Trinajstić information content (AvgIpc) is 2.76. The Kier molecular flexibility index (Phi) is 6.84. The minimum atomic E-state index is -0.548. The molecule has 3 N–H and O–H groups in total. The molecule has 0 aliphatic carbocycles. The summed E-state index contributed by atoms with van der Waals surface area (Å²) in [6.07, 6.45) is 0. The molecule has 0 unspecified atom stereocenters. The number of carbonyl (C=O) groups is 2. The summed E-state index contributed by atoms with van der Waals surface area (Å²) in [7, 11) is 0. The van der Waals surface area contributed by atoms with Gasteiger partial charge in [-0.05, 0) is 29.8 Å². The largest absolute Gasteiger partial charge is 0.491 e. The summed E-state index contributed by atoms with van der Waals surface area (Å²) in [6.45, 7) is 0.502. The lowest BCUT2D eigenvalue weighted by molar-refractivity contribution is -0.123. The summed E-state index contributed by atoms with van der Waals surface area (Å²) in [5.41, 5.74) is 7.62. The number of nitrogens with two attached hydrogens (primary N) is 1. The van der Waals surface area contributed by atoms with Gasteiger partial charge in [-0.3, -0.25) is 9.59 Å². The van der Waals surface area contributed by atoms with Crippen LogP contribution in [0.15, 0.2) is 78.9 Å². The van der Waals surface area contributed by atoms with E-state index >= 15 is 0 Å². The molecular weight excluding hydrogens is 368 g/mol. The number of para-hydroxylation sites is 1. The quantitative estimate of drug-likeness (QED) is 0.550. The van der Waals surface area contributed by atoms with Crippen molar-refractivity contribution < 1.29 is 19.1 Å². The molecule has 3 rings (SSSR count). The van der Waals surface area contributed by atoms with Gasteiger partial charge in [0.25, 0.3) is 5.91 Å². The molecule has 0 saturated carbocycles. The maximum atomic E-state index is 12.0. The highest BCUT2D eigenvalue weighted by Gasteiger charge is 2.07. The van der Waals surface area contributed by atoms with E-state index in [1.807, 2.05) is 54.6 Å². The highest BCUT2D eigenvalue weighted by atomic mass is 16.5.